The summed E-state index contributed by atoms with van der Waals surface area (Å²) >= 11 is 0. The van der Waals surface area contributed by atoms with Crippen molar-refractivity contribution in [3.63, 3.8) is 0 Å². The van der Waals surface area contributed by atoms with Crippen molar-refractivity contribution in [2.75, 3.05) is 39.3 Å². The molecule has 1 atom stereocenters. The van der Waals surface area contributed by atoms with Crippen LogP contribution in [0.4, 0.5) is 0 Å². The first-order valence-corrected chi connectivity index (χ1v) is 9.12. The number of amides is 1. The molecule has 4 heteroatoms. The van der Waals surface area contributed by atoms with Crippen LogP contribution in [-0.4, -0.2) is 61.0 Å². The number of piperazine rings is 1. The molecule has 0 aliphatic carbocycles. The van der Waals surface area contributed by atoms with Crippen LogP contribution in [0.15, 0.2) is 24.3 Å². The lowest BCUT2D eigenvalue weighted by molar-refractivity contribution is 0.0498. The zero-order chi connectivity index (χ0) is 15.6. The van der Waals surface area contributed by atoms with Crippen molar-refractivity contribution in [1.82, 2.24) is 15.1 Å². The number of hydrogen-bond acceptors (Lipinski definition) is 3. The number of piperidine rings is 3. The molecule has 2 bridgehead atoms. The van der Waals surface area contributed by atoms with Crippen LogP contribution in [0.2, 0.25) is 0 Å². The van der Waals surface area contributed by atoms with E-state index in [4.69, 9.17) is 0 Å². The van der Waals surface area contributed by atoms with Crippen LogP contribution in [-0.2, 0) is 6.42 Å². The summed E-state index contributed by atoms with van der Waals surface area (Å²) in [6.07, 6.45) is 5.29. The van der Waals surface area contributed by atoms with E-state index in [2.05, 4.69) is 22.3 Å². The van der Waals surface area contributed by atoms with Gasteiger partial charge in [0.05, 0.1) is 0 Å². The molecule has 0 radical (unpaired) electrons. The van der Waals surface area contributed by atoms with E-state index in [-0.39, 0.29) is 5.91 Å². The molecule has 1 aromatic carbocycles. The van der Waals surface area contributed by atoms with Crippen LogP contribution in [0.5, 0.6) is 0 Å². The molecule has 4 saturated heterocycles. The summed E-state index contributed by atoms with van der Waals surface area (Å²) in [7, 11) is 0. The first kappa shape index (κ1) is 15.2. The highest BCUT2D eigenvalue weighted by molar-refractivity contribution is 5.94. The number of rotatable bonds is 3. The molecule has 124 valence electrons. The standard InChI is InChI=1S/C19H27N3O/c23-19(22-11-7-20-8-12-22)17-3-1-15(2-4-17)13-18-14-16-5-9-21(18)10-6-16/h1-4,16,18,20H,5-14H2. The Labute approximate surface area is 138 Å². The van der Waals surface area contributed by atoms with Gasteiger partial charge < -0.3 is 15.1 Å². The fourth-order valence-electron chi connectivity index (χ4n) is 4.41. The molecule has 4 heterocycles. The highest BCUT2D eigenvalue weighted by Crippen LogP contribution is 2.33. The monoisotopic (exact) mass is 313 g/mol. The second kappa shape index (κ2) is 6.62. The van der Waals surface area contributed by atoms with E-state index in [1.54, 1.807) is 0 Å². The quantitative estimate of drug-likeness (QED) is 0.923. The Kier molecular flexibility index (Phi) is 4.36. The van der Waals surface area contributed by atoms with Gasteiger partial charge in [0.2, 0.25) is 0 Å². The lowest BCUT2D eigenvalue weighted by Gasteiger charge is -2.45. The lowest BCUT2D eigenvalue weighted by Crippen LogP contribution is -2.49. The summed E-state index contributed by atoms with van der Waals surface area (Å²) in [6, 6.07) is 9.10. The topological polar surface area (TPSA) is 35.6 Å². The predicted molar refractivity (Wildman–Crippen MR) is 91.6 cm³/mol. The molecule has 1 N–H and O–H groups in total. The smallest absolute Gasteiger partial charge is 0.253 e. The molecule has 5 rings (SSSR count). The summed E-state index contributed by atoms with van der Waals surface area (Å²) in [4.78, 5) is 17.1. The maximum atomic E-state index is 12.5. The van der Waals surface area contributed by atoms with Gasteiger partial charge in [-0.15, -0.1) is 0 Å². The van der Waals surface area contributed by atoms with Gasteiger partial charge in [-0.05, 0) is 62.4 Å². The SMILES string of the molecule is O=C(c1ccc(CC2CC3CCN2CC3)cc1)N1CCNCC1. The Balaban J connectivity index is 1.39. The summed E-state index contributed by atoms with van der Waals surface area (Å²) in [6.45, 7) is 6.02. The van der Waals surface area contributed by atoms with Crippen molar-refractivity contribution in [3.05, 3.63) is 35.4 Å². The van der Waals surface area contributed by atoms with Gasteiger partial charge in [0.15, 0.2) is 0 Å². The molecule has 23 heavy (non-hydrogen) atoms. The Hall–Kier alpha value is -1.39. The summed E-state index contributed by atoms with van der Waals surface area (Å²) in [5.74, 6) is 1.14. The molecule has 1 unspecified atom stereocenters. The van der Waals surface area contributed by atoms with Crippen molar-refractivity contribution in [3.8, 4) is 0 Å². The van der Waals surface area contributed by atoms with E-state index in [0.29, 0.717) is 0 Å². The van der Waals surface area contributed by atoms with Crippen molar-refractivity contribution >= 4 is 5.91 Å². The minimum absolute atomic E-state index is 0.179. The largest absolute Gasteiger partial charge is 0.336 e. The maximum Gasteiger partial charge on any atom is 0.253 e. The molecule has 1 amide bonds. The van der Waals surface area contributed by atoms with Crippen LogP contribution in [0.1, 0.15) is 35.2 Å². The molecule has 0 saturated carbocycles. The number of carbonyl (C=O) groups excluding carboxylic acids is 1. The molecule has 0 spiro atoms. The van der Waals surface area contributed by atoms with Crippen LogP contribution < -0.4 is 5.32 Å². The van der Waals surface area contributed by atoms with Crippen LogP contribution in [0.25, 0.3) is 0 Å². The molecular weight excluding hydrogens is 286 g/mol. The fraction of sp³-hybridized carbons (Fsp3) is 0.632. The van der Waals surface area contributed by atoms with E-state index in [1.165, 1.54) is 37.9 Å². The molecular formula is C19H27N3O. The van der Waals surface area contributed by atoms with E-state index < -0.39 is 0 Å². The van der Waals surface area contributed by atoms with Gasteiger partial charge in [-0.1, -0.05) is 12.1 Å². The van der Waals surface area contributed by atoms with Crippen LogP contribution in [0, 0.1) is 5.92 Å². The molecule has 0 aromatic heterocycles. The number of nitrogens with zero attached hydrogens (tertiary/aromatic N) is 2. The molecule has 4 nitrogen and oxygen atoms in total. The van der Waals surface area contributed by atoms with Gasteiger partial charge in [-0.3, -0.25) is 4.79 Å². The van der Waals surface area contributed by atoms with E-state index >= 15 is 0 Å². The highest BCUT2D eigenvalue weighted by atomic mass is 16.2. The lowest BCUT2D eigenvalue weighted by atomic mass is 9.81. The summed E-state index contributed by atoms with van der Waals surface area (Å²) < 4.78 is 0. The van der Waals surface area contributed by atoms with E-state index in [9.17, 15) is 4.79 Å². The Morgan fingerprint density at radius 1 is 1.04 bits per heavy atom. The first-order chi connectivity index (χ1) is 11.3. The minimum atomic E-state index is 0.179. The molecule has 1 aromatic rings. The minimum Gasteiger partial charge on any atom is -0.336 e. The zero-order valence-corrected chi connectivity index (χ0v) is 13.8. The Bertz CT molecular complexity index is 542. The second-order valence-corrected chi connectivity index (χ2v) is 7.31. The third-order valence-electron chi connectivity index (χ3n) is 5.85. The number of benzene rings is 1. The van der Waals surface area contributed by atoms with Gasteiger partial charge >= 0.3 is 0 Å². The van der Waals surface area contributed by atoms with Crippen LogP contribution in [0.3, 0.4) is 0 Å². The Morgan fingerprint density at radius 3 is 2.35 bits per heavy atom. The fourth-order valence-corrected chi connectivity index (χ4v) is 4.41. The van der Waals surface area contributed by atoms with E-state index in [1.807, 2.05) is 17.0 Å². The average molecular weight is 313 g/mol. The van der Waals surface area contributed by atoms with Crippen molar-refractivity contribution in [1.29, 1.82) is 0 Å². The van der Waals surface area contributed by atoms with Crippen molar-refractivity contribution in [2.24, 2.45) is 5.92 Å². The van der Waals surface area contributed by atoms with Gasteiger partial charge in [-0.2, -0.15) is 0 Å². The van der Waals surface area contributed by atoms with Gasteiger partial charge in [-0.25, -0.2) is 0 Å². The second-order valence-electron chi connectivity index (χ2n) is 7.31. The zero-order valence-electron chi connectivity index (χ0n) is 13.8. The number of hydrogen-bond donors (Lipinski definition) is 1. The molecule has 4 aliphatic heterocycles. The molecule has 4 aliphatic rings. The van der Waals surface area contributed by atoms with Gasteiger partial charge in [0, 0.05) is 37.8 Å². The van der Waals surface area contributed by atoms with Crippen molar-refractivity contribution in [2.45, 2.75) is 31.7 Å². The van der Waals surface area contributed by atoms with Crippen molar-refractivity contribution < 1.29 is 4.79 Å². The van der Waals surface area contributed by atoms with Gasteiger partial charge in [0.25, 0.3) is 5.91 Å². The summed E-state index contributed by atoms with van der Waals surface area (Å²) in [5, 5.41) is 3.29. The van der Waals surface area contributed by atoms with Crippen LogP contribution >= 0.6 is 0 Å². The maximum absolute atomic E-state index is 12.5. The average Bonchev–Trinajstić information content (AvgIpc) is 2.63. The van der Waals surface area contributed by atoms with Gasteiger partial charge in [0.1, 0.15) is 0 Å². The normalized spacial score (nSPS) is 30.4. The highest BCUT2D eigenvalue weighted by Gasteiger charge is 2.33. The number of nitrogens with one attached hydrogen (secondary N) is 1. The first-order valence-electron chi connectivity index (χ1n) is 9.12. The molecule has 4 fully saturated rings. The Morgan fingerprint density at radius 2 is 1.74 bits per heavy atom. The summed E-state index contributed by atoms with van der Waals surface area (Å²) in [5.41, 5.74) is 2.21. The predicted octanol–water partition coefficient (Wildman–Crippen LogP) is 1.76. The third kappa shape index (κ3) is 3.29. The van der Waals surface area contributed by atoms with E-state index in [0.717, 1.165) is 50.1 Å². The number of fused-ring (bicyclic) bond motifs is 3. The number of carbonyl (C=O) groups is 1. The third-order valence-corrected chi connectivity index (χ3v) is 5.85.